The SMILES string of the molecule is NNc1ccc(C(=O)Nc2cc(F)cc(F)c2F)cc1. The Balaban J connectivity index is 2.23. The maximum Gasteiger partial charge on any atom is 0.255 e. The Hall–Kier alpha value is -2.54. The molecule has 4 N–H and O–H groups in total. The Bertz CT molecular complexity index is 644. The molecule has 20 heavy (non-hydrogen) atoms. The van der Waals surface area contributed by atoms with E-state index in [2.05, 4.69) is 10.7 Å². The highest BCUT2D eigenvalue weighted by Gasteiger charge is 2.14. The Kier molecular flexibility index (Phi) is 3.90. The predicted octanol–water partition coefficient (Wildman–Crippen LogP) is 2.64. The number of benzene rings is 2. The van der Waals surface area contributed by atoms with Crippen LogP contribution in [0.1, 0.15) is 10.4 Å². The molecule has 0 aliphatic carbocycles. The van der Waals surface area contributed by atoms with Crippen LogP contribution in [0.25, 0.3) is 0 Å². The van der Waals surface area contributed by atoms with Gasteiger partial charge >= 0.3 is 0 Å². The first-order chi connectivity index (χ1) is 9.51. The van der Waals surface area contributed by atoms with Crippen LogP contribution in [0.5, 0.6) is 0 Å². The second kappa shape index (κ2) is 5.62. The summed E-state index contributed by atoms with van der Waals surface area (Å²) in [5.41, 5.74) is 2.58. The Morgan fingerprint density at radius 1 is 1.05 bits per heavy atom. The molecule has 0 bridgehead atoms. The number of carbonyl (C=O) groups is 1. The molecule has 0 radical (unpaired) electrons. The third kappa shape index (κ3) is 2.89. The number of nitrogen functional groups attached to an aromatic ring is 1. The highest BCUT2D eigenvalue weighted by molar-refractivity contribution is 6.04. The fourth-order valence-electron chi connectivity index (χ4n) is 1.56. The maximum absolute atomic E-state index is 13.4. The number of hydrazine groups is 1. The van der Waals surface area contributed by atoms with Gasteiger partial charge in [-0.3, -0.25) is 10.6 Å². The van der Waals surface area contributed by atoms with Crippen LogP contribution in [0.15, 0.2) is 36.4 Å². The lowest BCUT2D eigenvalue weighted by Crippen LogP contribution is -2.14. The van der Waals surface area contributed by atoms with E-state index < -0.39 is 29.0 Å². The van der Waals surface area contributed by atoms with Crippen LogP contribution in [0.2, 0.25) is 0 Å². The number of carbonyl (C=O) groups excluding carboxylic acids is 1. The minimum atomic E-state index is -1.37. The first kappa shape index (κ1) is 13.9. The number of nitrogens with two attached hydrogens (primary N) is 1. The van der Waals surface area contributed by atoms with E-state index in [0.29, 0.717) is 17.8 Å². The molecular formula is C13H10F3N3O. The molecule has 0 fully saturated rings. The van der Waals surface area contributed by atoms with Crippen molar-refractivity contribution < 1.29 is 18.0 Å². The van der Waals surface area contributed by atoms with E-state index in [4.69, 9.17) is 5.84 Å². The smallest absolute Gasteiger partial charge is 0.255 e. The summed E-state index contributed by atoms with van der Waals surface area (Å²) in [5, 5.41) is 2.10. The molecule has 2 aromatic carbocycles. The zero-order valence-electron chi connectivity index (χ0n) is 10.1. The minimum absolute atomic E-state index is 0.188. The number of amides is 1. The molecule has 0 saturated heterocycles. The van der Waals surface area contributed by atoms with E-state index in [1.165, 1.54) is 24.3 Å². The molecule has 0 aliphatic rings. The average molecular weight is 281 g/mol. The largest absolute Gasteiger partial charge is 0.324 e. The van der Waals surface area contributed by atoms with E-state index in [1.54, 1.807) is 0 Å². The molecule has 0 heterocycles. The van der Waals surface area contributed by atoms with E-state index in [-0.39, 0.29) is 5.56 Å². The lowest BCUT2D eigenvalue weighted by atomic mass is 10.2. The van der Waals surface area contributed by atoms with Gasteiger partial charge < -0.3 is 10.7 Å². The van der Waals surface area contributed by atoms with Crippen LogP contribution >= 0.6 is 0 Å². The summed E-state index contributed by atoms with van der Waals surface area (Å²) in [6, 6.07) is 7.00. The summed E-state index contributed by atoms with van der Waals surface area (Å²) in [4.78, 5) is 11.8. The normalized spacial score (nSPS) is 10.2. The summed E-state index contributed by atoms with van der Waals surface area (Å²) in [6.45, 7) is 0. The topological polar surface area (TPSA) is 67.1 Å². The first-order valence-corrected chi connectivity index (χ1v) is 5.54. The molecule has 0 spiro atoms. The molecule has 104 valence electrons. The monoisotopic (exact) mass is 281 g/mol. The van der Waals surface area contributed by atoms with Gasteiger partial charge in [0.15, 0.2) is 11.6 Å². The third-order valence-corrected chi connectivity index (χ3v) is 2.55. The molecule has 2 aromatic rings. The molecule has 0 unspecified atom stereocenters. The van der Waals surface area contributed by atoms with Crippen molar-refractivity contribution >= 4 is 17.3 Å². The number of nitrogens with one attached hydrogen (secondary N) is 2. The minimum Gasteiger partial charge on any atom is -0.324 e. The van der Waals surface area contributed by atoms with E-state index in [0.717, 1.165) is 0 Å². The first-order valence-electron chi connectivity index (χ1n) is 5.54. The Labute approximate surface area is 112 Å². The van der Waals surface area contributed by atoms with E-state index in [9.17, 15) is 18.0 Å². The zero-order chi connectivity index (χ0) is 14.7. The van der Waals surface area contributed by atoms with Crippen LogP contribution in [0.4, 0.5) is 24.5 Å². The Morgan fingerprint density at radius 3 is 2.30 bits per heavy atom. The quantitative estimate of drug-likeness (QED) is 0.460. The second-order valence-corrected chi connectivity index (χ2v) is 3.92. The molecular weight excluding hydrogens is 271 g/mol. The zero-order valence-corrected chi connectivity index (χ0v) is 10.1. The highest BCUT2D eigenvalue weighted by atomic mass is 19.2. The number of halogens is 3. The van der Waals surface area contributed by atoms with Gasteiger partial charge in [0.1, 0.15) is 5.82 Å². The standard InChI is InChI=1S/C13H10F3N3O/c14-8-5-10(15)12(16)11(6-8)18-13(20)7-1-3-9(19-17)4-2-7/h1-6,19H,17H2,(H,18,20). The van der Waals surface area contributed by atoms with Crippen LogP contribution in [0, 0.1) is 17.5 Å². The maximum atomic E-state index is 13.4. The van der Waals surface area contributed by atoms with Gasteiger partial charge in [-0.05, 0) is 24.3 Å². The molecule has 2 rings (SSSR count). The van der Waals surface area contributed by atoms with Crippen LogP contribution in [-0.4, -0.2) is 5.91 Å². The molecule has 7 heteroatoms. The molecule has 0 aromatic heterocycles. The van der Waals surface area contributed by atoms with Crippen molar-refractivity contribution in [3.8, 4) is 0 Å². The number of rotatable bonds is 3. The second-order valence-electron chi connectivity index (χ2n) is 3.92. The number of hydrogen-bond donors (Lipinski definition) is 3. The van der Waals surface area contributed by atoms with Crippen molar-refractivity contribution in [3.05, 3.63) is 59.4 Å². The van der Waals surface area contributed by atoms with Crippen molar-refractivity contribution in [2.75, 3.05) is 10.7 Å². The third-order valence-electron chi connectivity index (χ3n) is 2.55. The lowest BCUT2D eigenvalue weighted by Gasteiger charge is -2.08. The van der Waals surface area contributed by atoms with Crippen molar-refractivity contribution in [2.24, 2.45) is 5.84 Å². The van der Waals surface area contributed by atoms with E-state index in [1.807, 2.05) is 0 Å². The fraction of sp³-hybridized carbons (Fsp3) is 0. The van der Waals surface area contributed by atoms with Crippen molar-refractivity contribution in [3.63, 3.8) is 0 Å². The van der Waals surface area contributed by atoms with Crippen LogP contribution in [0.3, 0.4) is 0 Å². The summed E-state index contributed by atoms with van der Waals surface area (Å²) in [7, 11) is 0. The van der Waals surface area contributed by atoms with Gasteiger partial charge in [0.25, 0.3) is 5.91 Å². The van der Waals surface area contributed by atoms with Gasteiger partial charge in [0.2, 0.25) is 0 Å². The van der Waals surface area contributed by atoms with Gasteiger partial charge in [0, 0.05) is 23.4 Å². The van der Waals surface area contributed by atoms with Crippen LogP contribution in [-0.2, 0) is 0 Å². The molecule has 0 aliphatic heterocycles. The van der Waals surface area contributed by atoms with Gasteiger partial charge in [0.05, 0.1) is 5.69 Å². The molecule has 0 saturated carbocycles. The molecule has 0 atom stereocenters. The number of anilines is 2. The summed E-state index contributed by atoms with van der Waals surface area (Å²) in [5.74, 6) is 0.796. The van der Waals surface area contributed by atoms with Crippen molar-refractivity contribution in [1.82, 2.24) is 0 Å². The van der Waals surface area contributed by atoms with Crippen LogP contribution < -0.4 is 16.6 Å². The summed E-state index contributed by atoms with van der Waals surface area (Å²) in [6.07, 6.45) is 0. The van der Waals surface area contributed by atoms with Gasteiger partial charge in [-0.25, -0.2) is 13.2 Å². The average Bonchev–Trinajstić information content (AvgIpc) is 2.44. The number of hydrogen-bond acceptors (Lipinski definition) is 3. The van der Waals surface area contributed by atoms with Crippen molar-refractivity contribution in [1.29, 1.82) is 0 Å². The molecule has 4 nitrogen and oxygen atoms in total. The summed E-state index contributed by atoms with van der Waals surface area (Å²) < 4.78 is 39.4. The Morgan fingerprint density at radius 2 is 1.70 bits per heavy atom. The summed E-state index contributed by atoms with van der Waals surface area (Å²) >= 11 is 0. The molecule has 1 amide bonds. The van der Waals surface area contributed by atoms with Crippen molar-refractivity contribution in [2.45, 2.75) is 0 Å². The van der Waals surface area contributed by atoms with Gasteiger partial charge in [-0.2, -0.15) is 0 Å². The lowest BCUT2D eigenvalue weighted by molar-refractivity contribution is 0.102. The van der Waals surface area contributed by atoms with Gasteiger partial charge in [-0.15, -0.1) is 0 Å². The fourth-order valence-corrected chi connectivity index (χ4v) is 1.56. The highest BCUT2D eigenvalue weighted by Crippen LogP contribution is 2.20. The van der Waals surface area contributed by atoms with E-state index >= 15 is 0 Å². The predicted molar refractivity (Wildman–Crippen MR) is 68.5 cm³/mol. The van der Waals surface area contributed by atoms with Gasteiger partial charge in [-0.1, -0.05) is 0 Å².